The number of hydrogen-bond acceptors (Lipinski definition) is 6. The second kappa shape index (κ2) is 7.42. The lowest BCUT2D eigenvalue weighted by Gasteiger charge is -2.34. The number of anilines is 1. The lowest BCUT2D eigenvalue weighted by molar-refractivity contribution is -0.384. The van der Waals surface area contributed by atoms with Gasteiger partial charge in [-0.25, -0.2) is 9.78 Å². The van der Waals surface area contributed by atoms with Crippen molar-refractivity contribution >= 4 is 28.8 Å². The second-order valence-electron chi connectivity index (χ2n) is 7.86. The normalized spacial score (nSPS) is 17.7. The molecule has 0 spiro atoms. The maximum atomic E-state index is 12.2. The van der Waals surface area contributed by atoms with Gasteiger partial charge >= 0.3 is 6.09 Å². The quantitative estimate of drug-likeness (QED) is 0.624. The Kier molecular flexibility index (Phi) is 5.20. The predicted octanol–water partition coefficient (Wildman–Crippen LogP) is 3.53. The molecule has 0 aliphatic carbocycles. The molecule has 146 valence electrons. The summed E-state index contributed by atoms with van der Waals surface area (Å²) in [6.07, 6.45) is 1.67. The van der Waals surface area contributed by atoms with E-state index in [1.807, 2.05) is 20.8 Å². The Bertz CT molecular complexity index is 842. The Hall–Kier alpha value is -2.84. The van der Waals surface area contributed by atoms with Gasteiger partial charge < -0.3 is 19.9 Å². The zero-order valence-electron chi connectivity index (χ0n) is 15.8. The molecule has 1 amide bonds. The molecule has 2 aromatic rings. The number of benzene rings is 1. The highest BCUT2D eigenvalue weighted by Gasteiger charge is 2.27. The molecule has 2 N–H and O–H groups in total. The first kappa shape index (κ1) is 18.9. The van der Waals surface area contributed by atoms with Crippen LogP contribution >= 0.6 is 0 Å². The molecule has 0 bridgehead atoms. The fraction of sp³-hybridized carbons (Fsp3) is 0.556. The van der Waals surface area contributed by atoms with Gasteiger partial charge in [0.05, 0.1) is 16.0 Å². The second-order valence-corrected chi connectivity index (χ2v) is 7.86. The van der Waals surface area contributed by atoms with Crippen LogP contribution in [0, 0.1) is 16.0 Å². The molecule has 2 heterocycles. The molecule has 9 nitrogen and oxygen atoms in total. The minimum atomic E-state index is -0.501. The fourth-order valence-electron chi connectivity index (χ4n) is 3.16. The highest BCUT2D eigenvalue weighted by atomic mass is 16.6. The minimum Gasteiger partial charge on any atom is -0.444 e. The summed E-state index contributed by atoms with van der Waals surface area (Å²) in [6, 6.07) is 4.53. The van der Waals surface area contributed by atoms with Crippen LogP contribution in [0.4, 0.5) is 16.4 Å². The molecular formula is C18H25N5O4. The van der Waals surface area contributed by atoms with Gasteiger partial charge in [0.1, 0.15) is 5.60 Å². The van der Waals surface area contributed by atoms with Crippen LogP contribution in [0.15, 0.2) is 18.2 Å². The van der Waals surface area contributed by atoms with E-state index in [1.165, 1.54) is 12.1 Å². The Morgan fingerprint density at radius 1 is 1.48 bits per heavy atom. The number of amides is 1. The van der Waals surface area contributed by atoms with Gasteiger partial charge in [-0.05, 0) is 45.6 Å². The molecule has 1 aromatic carbocycles. The SMILES string of the molecule is CC(C)(C)OC(=O)N1CCC[C@@H](CNc2nc3ccc([N+](=O)[O-])cc3[nH]2)C1. The molecule has 1 fully saturated rings. The maximum absolute atomic E-state index is 12.2. The fourth-order valence-corrected chi connectivity index (χ4v) is 3.16. The summed E-state index contributed by atoms with van der Waals surface area (Å²) in [5, 5.41) is 14.1. The molecule has 1 atom stereocenters. The zero-order valence-corrected chi connectivity index (χ0v) is 15.8. The van der Waals surface area contributed by atoms with Crippen molar-refractivity contribution in [3.8, 4) is 0 Å². The van der Waals surface area contributed by atoms with Gasteiger partial charge in [-0.2, -0.15) is 0 Å². The molecule has 1 aromatic heterocycles. The number of carbonyl (C=O) groups is 1. The third-order valence-corrected chi connectivity index (χ3v) is 4.41. The van der Waals surface area contributed by atoms with Crippen molar-refractivity contribution in [2.45, 2.75) is 39.2 Å². The Labute approximate surface area is 157 Å². The molecule has 0 saturated carbocycles. The summed E-state index contributed by atoms with van der Waals surface area (Å²) in [5.41, 5.74) is 0.810. The number of aromatic amines is 1. The Balaban J connectivity index is 1.58. The molecule has 1 aliphatic rings. The van der Waals surface area contributed by atoms with Crippen LogP contribution in [-0.2, 0) is 4.74 Å². The van der Waals surface area contributed by atoms with Crippen LogP contribution in [0.5, 0.6) is 0 Å². The molecule has 0 unspecified atom stereocenters. The average molecular weight is 375 g/mol. The van der Waals surface area contributed by atoms with Gasteiger partial charge in [0.15, 0.2) is 0 Å². The largest absolute Gasteiger partial charge is 0.444 e. The number of nitro groups is 1. The van der Waals surface area contributed by atoms with Crippen molar-refractivity contribution in [1.29, 1.82) is 0 Å². The third-order valence-electron chi connectivity index (χ3n) is 4.41. The summed E-state index contributed by atoms with van der Waals surface area (Å²) in [7, 11) is 0. The smallest absolute Gasteiger partial charge is 0.410 e. The van der Waals surface area contributed by atoms with Crippen molar-refractivity contribution in [3.05, 3.63) is 28.3 Å². The number of nitro benzene ring substituents is 1. The highest BCUT2D eigenvalue weighted by molar-refractivity contribution is 5.79. The highest BCUT2D eigenvalue weighted by Crippen LogP contribution is 2.22. The minimum absolute atomic E-state index is 0.0259. The van der Waals surface area contributed by atoms with Crippen LogP contribution in [0.25, 0.3) is 11.0 Å². The molecular weight excluding hydrogens is 350 g/mol. The topological polar surface area (TPSA) is 113 Å². The molecule has 0 radical (unpaired) electrons. The van der Waals surface area contributed by atoms with Crippen LogP contribution in [-0.4, -0.2) is 51.1 Å². The number of ether oxygens (including phenoxy) is 1. The van der Waals surface area contributed by atoms with E-state index in [4.69, 9.17) is 4.74 Å². The number of piperidine rings is 1. The monoisotopic (exact) mass is 375 g/mol. The number of hydrogen-bond donors (Lipinski definition) is 2. The van der Waals surface area contributed by atoms with E-state index in [0.717, 1.165) is 12.8 Å². The summed E-state index contributed by atoms with van der Waals surface area (Å²) in [6.45, 7) is 7.58. The van der Waals surface area contributed by atoms with Gasteiger partial charge in [0, 0.05) is 31.8 Å². The zero-order chi connectivity index (χ0) is 19.6. The van der Waals surface area contributed by atoms with E-state index >= 15 is 0 Å². The molecule has 1 saturated heterocycles. The van der Waals surface area contributed by atoms with E-state index in [9.17, 15) is 14.9 Å². The van der Waals surface area contributed by atoms with Crippen molar-refractivity contribution < 1.29 is 14.5 Å². The number of aromatic nitrogens is 2. The van der Waals surface area contributed by atoms with E-state index in [0.29, 0.717) is 36.6 Å². The first-order valence-electron chi connectivity index (χ1n) is 9.07. The Morgan fingerprint density at radius 3 is 2.96 bits per heavy atom. The number of non-ortho nitro benzene ring substituents is 1. The van der Waals surface area contributed by atoms with E-state index < -0.39 is 10.5 Å². The average Bonchev–Trinajstić information content (AvgIpc) is 3.00. The van der Waals surface area contributed by atoms with E-state index in [1.54, 1.807) is 11.0 Å². The van der Waals surface area contributed by atoms with Gasteiger partial charge in [0.2, 0.25) is 5.95 Å². The lowest BCUT2D eigenvalue weighted by Crippen LogP contribution is -2.44. The van der Waals surface area contributed by atoms with E-state index in [-0.39, 0.29) is 17.7 Å². The van der Waals surface area contributed by atoms with Gasteiger partial charge in [0.25, 0.3) is 5.69 Å². The number of fused-ring (bicyclic) bond motifs is 1. The van der Waals surface area contributed by atoms with Crippen LogP contribution in [0.3, 0.4) is 0 Å². The first-order valence-corrected chi connectivity index (χ1v) is 9.07. The number of nitrogens with one attached hydrogen (secondary N) is 2. The predicted molar refractivity (Wildman–Crippen MR) is 102 cm³/mol. The molecule has 1 aliphatic heterocycles. The number of imidazole rings is 1. The van der Waals surface area contributed by atoms with Gasteiger partial charge in [-0.15, -0.1) is 0 Å². The summed E-state index contributed by atoms with van der Waals surface area (Å²) >= 11 is 0. The Morgan fingerprint density at radius 2 is 2.26 bits per heavy atom. The molecule has 9 heteroatoms. The molecule has 3 rings (SSSR count). The number of likely N-dealkylation sites (tertiary alicyclic amines) is 1. The first-order chi connectivity index (χ1) is 12.7. The van der Waals surface area contributed by atoms with Crippen LogP contribution < -0.4 is 5.32 Å². The lowest BCUT2D eigenvalue weighted by atomic mass is 9.98. The van der Waals surface area contributed by atoms with Crippen LogP contribution in [0.1, 0.15) is 33.6 Å². The number of H-pyrrole nitrogens is 1. The maximum Gasteiger partial charge on any atom is 0.410 e. The van der Waals surface area contributed by atoms with Crippen LogP contribution in [0.2, 0.25) is 0 Å². The standard InChI is InChI=1S/C18H25N5O4/c1-18(2,3)27-17(24)22-8-4-5-12(11-22)10-19-16-20-14-7-6-13(23(25)26)9-15(14)21-16/h6-7,9,12H,4-5,8,10-11H2,1-3H3,(H2,19,20,21)/t12-/m0/s1. The van der Waals surface area contributed by atoms with Gasteiger partial charge in [-0.3, -0.25) is 10.1 Å². The van der Waals surface area contributed by atoms with Crippen molar-refractivity contribution in [2.75, 3.05) is 25.0 Å². The summed E-state index contributed by atoms with van der Waals surface area (Å²) in [4.78, 5) is 31.9. The van der Waals surface area contributed by atoms with Crippen molar-refractivity contribution in [3.63, 3.8) is 0 Å². The van der Waals surface area contributed by atoms with Crippen molar-refractivity contribution in [2.24, 2.45) is 5.92 Å². The summed E-state index contributed by atoms with van der Waals surface area (Å²) in [5.74, 6) is 0.855. The number of nitrogens with zero attached hydrogens (tertiary/aromatic N) is 3. The molecule has 27 heavy (non-hydrogen) atoms. The number of carbonyl (C=O) groups excluding carboxylic acids is 1. The number of rotatable bonds is 4. The van der Waals surface area contributed by atoms with Gasteiger partial charge in [-0.1, -0.05) is 0 Å². The third kappa shape index (κ3) is 4.87. The summed E-state index contributed by atoms with van der Waals surface area (Å²) < 4.78 is 5.45. The van der Waals surface area contributed by atoms with E-state index in [2.05, 4.69) is 15.3 Å². The van der Waals surface area contributed by atoms with Crippen molar-refractivity contribution in [1.82, 2.24) is 14.9 Å².